The second-order valence-corrected chi connectivity index (χ2v) is 15.2. The second-order valence-electron chi connectivity index (χ2n) is 14.4. The lowest BCUT2D eigenvalue weighted by Gasteiger charge is -2.25. The molecule has 58 heavy (non-hydrogen) atoms. The molecule has 0 amide bonds. The van der Waals surface area contributed by atoms with Crippen LogP contribution in [-0.2, 0) is 34.1 Å². The first-order chi connectivity index (χ1) is 27.9. The maximum absolute atomic E-state index is 12.5. The lowest BCUT2D eigenvalue weighted by Crippen LogP contribution is -2.52. The fourth-order valence-electron chi connectivity index (χ4n) is 6.62. The van der Waals surface area contributed by atoms with Gasteiger partial charge in [0, 0.05) is 54.8 Å². The molecule has 0 spiro atoms. The molecule has 15 heteroatoms. The molecule has 5 rings (SSSR count). The SMILES string of the molecule is CCOC(=O)C1(CO)CCN(CCCOc2cccc(-c3cccc(COc4cc(OCc5cncc(C#N)c5)c(CNC(C)(CO)C(=O)O)cc4Cl)c3C)c2Cl)C1. The van der Waals surface area contributed by atoms with Crippen molar-refractivity contribution in [3.63, 3.8) is 0 Å². The Kier molecular flexibility index (Phi) is 15.3. The minimum absolute atomic E-state index is 0.000691. The van der Waals surface area contributed by atoms with Gasteiger partial charge in [0.2, 0.25) is 0 Å². The predicted molar refractivity (Wildman–Crippen MR) is 218 cm³/mol. The van der Waals surface area contributed by atoms with E-state index in [4.69, 9.17) is 42.1 Å². The lowest BCUT2D eigenvalue weighted by molar-refractivity contribution is -0.157. The molecule has 1 aromatic heterocycles. The molecule has 2 atom stereocenters. The van der Waals surface area contributed by atoms with Crippen LogP contribution in [0.2, 0.25) is 10.0 Å². The van der Waals surface area contributed by atoms with Crippen LogP contribution in [0, 0.1) is 23.7 Å². The van der Waals surface area contributed by atoms with Crippen LogP contribution >= 0.6 is 23.2 Å². The number of aliphatic carboxylic acids is 1. The molecule has 1 saturated heterocycles. The summed E-state index contributed by atoms with van der Waals surface area (Å²) in [4.78, 5) is 30.5. The van der Waals surface area contributed by atoms with E-state index >= 15 is 0 Å². The first-order valence-corrected chi connectivity index (χ1v) is 19.6. The topological polar surface area (TPSA) is 184 Å². The minimum atomic E-state index is -1.61. The molecule has 1 fully saturated rings. The summed E-state index contributed by atoms with van der Waals surface area (Å²) in [5, 5.41) is 42.3. The Morgan fingerprint density at radius 2 is 1.76 bits per heavy atom. The summed E-state index contributed by atoms with van der Waals surface area (Å²) in [6.07, 6.45) is 4.27. The lowest BCUT2D eigenvalue weighted by atomic mass is 9.88. The Balaban J connectivity index is 1.27. The number of aliphatic hydroxyl groups is 2. The van der Waals surface area contributed by atoms with Crippen molar-refractivity contribution in [3.8, 4) is 34.4 Å². The number of nitrogens with zero attached hydrogens (tertiary/aromatic N) is 3. The summed E-state index contributed by atoms with van der Waals surface area (Å²) in [7, 11) is 0. The van der Waals surface area contributed by atoms with E-state index in [0.29, 0.717) is 78.0 Å². The third kappa shape index (κ3) is 10.6. The maximum atomic E-state index is 12.5. The van der Waals surface area contributed by atoms with Gasteiger partial charge in [-0.05, 0) is 75.0 Å². The number of ether oxygens (including phenoxy) is 4. The summed E-state index contributed by atoms with van der Waals surface area (Å²) in [6.45, 7) is 6.93. The Bertz CT molecular complexity index is 2130. The highest BCUT2D eigenvalue weighted by atomic mass is 35.5. The smallest absolute Gasteiger partial charge is 0.326 e. The van der Waals surface area contributed by atoms with Crippen molar-refractivity contribution < 1.29 is 43.9 Å². The van der Waals surface area contributed by atoms with Crippen LogP contribution in [0.4, 0.5) is 0 Å². The number of aliphatic hydroxyl groups excluding tert-OH is 2. The standard InChI is InChI=1S/C43H48Cl2N4O9/c1-4-55-41(54)43(27-51)12-14-49(25-43)13-7-15-56-36-11-6-10-34(39(36)45)33-9-5-8-31(28(33)2)24-58-38-18-37(57-23-30-16-29(19-46)20-47-21-30)32(17-35(38)44)22-48-42(3,26-50)40(52)53/h5-6,8-11,16-18,20-21,48,50-51H,4,7,12-15,22-27H2,1-3H3,(H,52,53). The fraction of sp³-hybridized carbons (Fsp3) is 0.395. The van der Waals surface area contributed by atoms with E-state index < -0.39 is 23.5 Å². The molecule has 4 N–H and O–H groups in total. The fourth-order valence-corrected chi connectivity index (χ4v) is 7.14. The minimum Gasteiger partial charge on any atom is -0.492 e. The van der Waals surface area contributed by atoms with E-state index in [1.807, 2.05) is 43.3 Å². The number of likely N-dealkylation sites (tertiary alicyclic amines) is 1. The number of hydrogen-bond acceptors (Lipinski definition) is 12. The molecule has 13 nitrogen and oxygen atoms in total. The van der Waals surface area contributed by atoms with Crippen molar-refractivity contribution in [1.29, 1.82) is 5.26 Å². The normalized spacial score (nSPS) is 16.3. The van der Waals surface area contributed by atoms with Gasteiger partial charge in [-0.3, -0.25) is 19.9 Å². The van der Waals surface area contributed by atoms with E-state index in [1.165, 1.54) is 13.1 Å². The molecule has 0 saturated carbocycles. The van der Waals surface area contributed by atoms with Crippen LogP contribution in [0.5, 0.6) is 17.2 Å². The number of halogens is 2. The molecule has 4 aromatic rings. The predicted octanol–water partition coefficient (Wildman–Crippen LogP) is 6.34. The number of pyridine rings is 1. The molecular formula is C43H48Cl2N4O9. The third-order valence-electron chi connectivity index (χ3n) is 10.3. The number of aromatic nitrogens is 1. The number of esters is 1. The summed E-state index contributed by atoms with van der Waals surface area (Å²) < 4.78 is 23.8. The number of rotatable bonds is 20. The molecule has 2 heterocycles. The van der Waals surface area contributed by atoms with Crippen molar-refractivity contribution >= 4 is 35.1 Å². The summed E-state index contributed by atoms with van der Waals surface area (Å²) >= 11 is 13.7. The van der Waals surface area contributed by atoms with Crippen molar-refractivity contribution in [2.45, 2.75) is 58.9 Å². The van der Waals surface area contributed by atoms with Crippen LogP contribution in [0.25, 0.3) is 11.1 Å². The van der Waals surface area contributed by atoms with Gasteiger partial charge in [-0.1, -0.05) is 53.5 Å². The van der Waals surface area contributed by atoms with Crippen molar-refractivity contribution in [3.05, 3.63) is 105 Å². The van der Waals surface area contributed by atoms with Crippen LogP contribution in [0.15, 0.2) is 67.0 Å². The molecule has 3 aromatic carbocycles. The van der Waals surface area contributed by atoms with Gasteiger partial charge in [-0.2, -0.15) is 5.26 Å². The van der Waals surface area contributed by atoms with Crippen molar-refractivity contribution in [1.82, 2.24) is 15.2 Å². The Labute approximate surface area is 348 Å². The summed E-state index contributed by atoms with van der Waals surface area (Å²) in [5.41, 5.74) is 2.53. The van der Waals surface area contributed by atoms with Gasteiger partial charge in [-0.25, -0.2) is 0 Å². The molecule has 1 aliphatic rings. The first-order valence-electron chi connectivity index (χ1n) is 18.9. The number of hydrogen-bond donors (Lipinski definition) is 4. The van der Waals surface area contributed by atoms with Crippen LogP contribution in [0.3, 0.4) is 0 Å². The summed E-state index contributed by atoms with van der Waals surface area (Å²) in [5.74, 6) is -0.356. The Morgan fingerprint density at radius 3 is 2.48 bits per heavy atom. The summed E-state index contributed by atoms with van der Waals surface area (Å²) in [6, 6.07) is 18.4. The monoisotopic (exact) mass is 834 g/mol. The third-order valence-corrected chi connectivity index (χ3v) is 11.0. The maximum Gasteiger partial charge on any atom is 0.326 e. The van der Waals surface area contributed by atoms with Crippen molar-refractivity contribution in [2.75, 3.05) is 46.1 Å². The van der Waals surface area contributed by atoms with Gasteiger partial charge < -0.3 is 39.2 Å². The van der Waals surface area contributed by atoms with Crippen LogP contribution < -0.4 is 19.5 Å². The molecule has 0 aliphatic carbocycles. The molecule has 308 valence electrons. The van der Waals surface area contributed by atoms with Gasteiger partial charge in [0.15, 0.2) is 0 Å². The Morgan fingerprint density at radius 1 is 1.00 bits per heavy atom. The van der Waals surface area contributed by atoms with E-state index in [2.05, 4.69) is 21.3 Å². The highest BCUT2D eigenvalue weighted by molar-refractivity contribution is 6.35. The molecule has 0 radical (unpaired) electrons. The zero-order valence-corrected chi connectivity index (χ0v) is 34.2. The number of nitrogens with one attached hydrogen (secondary N) is 1. The largest absolute Gasteiger partial charge is 0.492 e. The van der Waals surface area contributed by atoms with Gasteiger partial charge in [0.05, 0.1) is 42.0 Å². The number of carboxylic acid groups (broad SMARTS) is 1. The van der Waals surface area contributed by atoms with Gasteiger partial charge in [0.25, 0.3) is 0 Å². The van der Waals surface area contributed by atoms with E-state index in [0.717, 1.165) is 22.3 Å². The molecule has 1 aliphatic heterocycles. The second kappa shape index (κ2) is 20.2. The number of carbonyl (C=O) groups excluding carboxylic acids is 1. The van der Waals surface area contributed by atoms with E-state index in [1.54, 1.807) is 31.3 Å². The number of carboxylic acids is 1. The quantitative estimate of drug-likeness (QED) is 0.0573. The van der Waals surface area contributed by atoms with E-state index in [9.17, 15) is 30.2 Å². The average Bonchev–Trinajstić information content (AvgIpc) is 3.66. The average molecular weight is 836 g/mol. The van der Waals surface area contributed by atoms with Crippen LogP contribution in [0.1, 0.15) is 54.5 Å². The molecule has 0 bridgehead atoms. The molecule has 2 unspecified atom stereocenters. The van der Waals surface area contributed by atoms with Gasteiger partial charge >= 0.3 is 11.9 Å². The van der Waals surface area contributed by atoms with Crippen LogP contribution in [-0.4, -0.2) is 88.7 Å². The first kappa shape index (κ1) is 44.2. The van der Waals surface area contributed by atoms with E-state index in [-0.39, 0.29) is 44.0 Å². The number of nitriles is 1. The van der Waals surface area contributed by atoms with Crippen molar-refractivity contribution in [2.24, 2.45) is 5.41 Å². The highest BCUT2D eigenvalue weighted by Gasteiger charge is 2.45. The zero-order valence-electron chi connectivity index (χ0n) is 32.7. The number of carbonyl (C=O) groups is 2. The Hall–Kier alpha value is -4.94. The molecular weight excluding hydrogens is 787 g/mol. The van der Waals surface area contributed by atoms with Gasteiger partial charge in [-0.15, -0.1) is 0 Å². The highest BCUT2D eigenvalue weighted by Crippen LogP contribution is 2.39. The van der Waals surface area contributed by atoms with Gasteiger partial charge in [0.1, 0.15) is 47.5 Å². The zero-order chi connectivity index (χ0) is 41.9. The number of benzene rings is 3.